The second kappa shape index (κ2) is 13.5. The number of hydrogen-bond acceptors (Lipinski definition) is 8. The number of aryl methyl sites for hydroxylation is 1. The molecule has 0 radical (unpaired) electrons. The second-order valence-electron chi connectivity index (χ2n) is 8.71. The third-order valence-electron chi connectivity index (χ3n) is 5.55. The molecule has 0 spiro atoms. The number of ether oxygens (including phenoxy) is 2. The van der Waals surface area contributed by atoms with Crippen molar-refractivity contribution in [3.05, 3.63) is 75.1 Å². The lowest BCUT2D eigenvalue weighted by molar-refractivity contribution is -0.145. The van der Waals surface area contributed by atoms with Crippen LogP contribution in [0.5, 0.6) is 5.75 Å². The molecule has 2 heterocycles. The van der Waals surface area contributed by atoms with Crippen LogP contribution in [0, 0.1) is 6.92 Å². The largest absolute Gasteiger partial charge is 0.465 e. The number of carbonyl (C=O) groups is 1. The predicted octanol–water partition coefficient (Wildman–Crippen LogP) is 3.60. The Morgan fingerprint density at radius 2 is 1.95 bits per heavy atom. The van der Waals surface area contributed by atoms with Crippen molar-refractivity contribution < 1.29 is 27.9 Å². The maximum Gasteiger partial charge on any atom is 0.459 e. The van der Waals surface area contributed by atoms with E-state index in [1.54, 1.807) is 49.4 Å². The molecule has 12 heteroatoms. The molecule has 0 saturated carbocycles. The van der Waals surface area contributed by atoms with Gasteiger partial charge >= 0.3 is 19.4 Å². The van der Waals surface area contributed by atoms with E-state index in [-0.39, 0.29) is 19.0 Å². The second-order valence-corrected chi connectivity index (χ2v) is 10.4. The molecule has 0 aliphatic carbocycles. The van der Waals surface area contributed by atoms with Crippen LogP contribution in [0.15, 0.2) is 58.3 Å². The van der Waals surface area contributed by atoms with Gasteiger partial charge in [0.2, 0.25) is 0 Å². The van der Waals surface area contributed by atoms with Crippen LogP contribution >= 0.6 is 7.75 Å². The van der Waals surface area contributed by atoms with E-state index < -0.39 is 43.3 Å². The highest BCUT2D eigenvalue weighted by Gasteiger charge is 2.34. The predicted molar refractivity (Wildman–Crippen MR) is 137 cm³/mol. The van der Waals surface area contributed by atoms with E-state index in [0.717, 1.165) is 25.7 Å². The van der Waals surface area contributed by atoms with Gasteiger partial charge in [0.1, 0.15) is 17.9 Å². The maximum atomic E-state index is 13.6. The summed E-state index contributed by atoms with van der Waals surface area (Å²) in [6.45, 7) is 5.28. The Labute approximate surface area is 215 Å². The first-order valence-corrected chi connectivity index (χ1v) is 13.8. The standard InChI is InChI=1S/C25H34N3O8P/c1-4-5-6-10-15-33-24(30)19(3)27-37(32,36-20-11-8-7-9-12-20)34-17-21-13-14-22(35-21)28-16-18(2)23(29)26-25(28)31/h7-9,11-14,16,19,21-22H,4-6,10,15,17H2,1-3H3,(H,27,32)(H,26,29,31)/t19-,21-,22+,37?/m0/s1. The smallest absolute Gasteiger partial charge is 0.459 e. The molecular formula is C25H34N3O8P. The Morgan fingerprint density at radius 3 is 2.68 bits per heavy atom. The lowest BCUT2D eigenvalue weighted by Gasteiger charge is -2.24. The first-order valence-electron chi connectivity index (χ1n) is 12.3. The maximum absolute atomic E-state index is 13.6. The average Bonchev–Trinajstić information content (AvgIpc) is 3.34. The number of aromatic amines is 1. The van der Waals surface area contributed by atoms with Crippen LogP contribution in [0.3, 0.4) is 0 Å². The van der Waals surface area contributed by atoms with E-state index in [1.165, 1.54) is 17.7 Å². The molecule has 4 atom stereocenters. The molecular weight excluding hydrogens is 501 g/mol. The van der Waals surface area contributed by atoms with Gasteiger partial charge in [-0.2, -0.15) is 5.09 Å². The molecule has 1 aliphatic heterocycles. The fourth-order valence-corrected chi connectivity index (χ4v) is 5.02. The van der Waals surface area contributed by atoms with E-state index in [4.69, 9.17) is 18.5 Å². The van der Waals surface area contributed by atoms with E-state index in [9.17, 15) is 18.9 Å². The lowest BCUT2D eigenvalue weighted by Crippen LogP contribution is -2.36. The van der Waals surface area contributed by atoms with Crippen molar-refractivity contribution in [2.24, 2.45) is 0 Å². The fraction of sp³-hybridized carbons (Fsp3) is 0.480. The minimum absolute atomic E-state index is 0.194. The Balaban J connectivity index is 1.62. The zero-order valence-electron chi connectivity index (χ0n) is 21.3. The first kappa shape index (κ1) is 28.6. The Kier molecular flexibility index (Phi) is 10.5. The summed E-state index contributed by atoms with van der Waals surface area (Å²) in [4.78, 5) is 38.5. The normalized spacial score (nSPS) is 19.3. The van der Waals surface area contributed by atoms with Gasteiger partial charge in [-0.25, -0.2) is 9.36 Å². The summed E-state index contributed by atoms with van der Waals surface area (Å²) in [6, 6.07) is 7.47. The SMILES string of the molecule is CCCCCCOC(=O)[C@H](C)NP(=O)(OC[C@@H]1C=C[C@H](n2cc(C)c(=O)[nH]c2=O)O1)Oc1ccccc1. The van der Waals surface area contributed by atoms with Crippen molar-refractivity contribution in [1.29, 1.82) is 0 Å². The summed E-state index contributed by atoms with van der Waals surface area (Å²) in [7, 11) is -4.05. The molecule has 0 bridgehead atoms. The number of para-hydroxylation sites is 1. The van der Waals surface area contributed by atoms with Crippen molar-refractivity contribution >= 4 is 13.7 Å². The van der Waals surface area contributed by atoms with Crippen LogP contribution in [-0.4, -0.2) is 40.9 Å². The summed E-state index contributed by atoms with van der Waals surface area (Å²) in [5, 5.41) is 2.65. The van der Waals surface area contributed by atoms with E-state index >= 15 is 0 Å². The fourth-order valence-electron chi connectivity index (χ4n) is 3.52. The van der Waals surface area contributed by atoms with Gasteiger partial charge in [-0.1, -0.05) is 50.5 Å². The topological polar surface area (TPSA) is 138 Å². The number of rotatable bonds is 14. The van der Waals surface area contributed by atoms with Crippen LogP contribution in [0.25, 0.3) is 0 Å². The molecule has 37 heavy (non-hydrogen) atoms. The molecule has 202 valence electrons. The highest BCUT2D eigenvalue weighted by atomic mass is 31.2. The number of nitrogens with zero attached hydrogens (tertiary/aromatic N) is 1. The molecule has 0 fully saturated rings. The third kappa shape index (κ3) is 8.53. The average molecular weight is 536 g/mol. The lowest BCUT2D eigenvalue weighted by atomic mass is 10.2. The minimum atomic E-state index is -4.05. The number of carbonyl (C=O) groups excluding carboxylic acids is 1. The molecule has 11 nitrogen and oxygen atoms in total. The van der Waals surface area contributed by atoms with Crippen LogP contribution in [-0.2, 0) is 23.4 Å². The number of benzene rings is 1. The zero-order valence-corrected chi connectivity index (χ0v) is 22.1. The molecule has 0 amide bonds. The Morgan fingerprint density at radius 1 is 1.19 bits per heavy atom. The molecule has 0 saturated heterocycles. The number of unbranched alkanes of at least 4 members (excludes halogenated alkanes) is 3. The summed E-state index contributed by atoms with van der Waals surface area (Å²) in [5.41, 5.74) is -0.733. The number of hydrogen-bond donors (Lipinski definition) is 2. The summed E-state index contributed by atoms with van der Waals surface area (Å²) in [5.74, 6) is -0.281. The van der Waals surface area contributed by atoms with Crippen LogP contribution in [0.1, 0.15) is 51.3 Å². The molecule has 2 aromatic rings. The van der Waals surface area contributed by atoms with Gasteiger partial charge in [-0.05, 0) is 38.5 Å². The zero-order chi connectivity index (χ0) is 26.8. The quantitative estimate of drug-likeness (QED) is 0.161. The molecule has 1 unspecified atom stereocenters. The number of esters is 1. The molecule has 1 aliphatic rings. The molecule has 3 rings (SSSR count). The molecule has 1 aromatic heterocycles. The van der Waals surface area contributed by atoms with Gasteiger partial charge < -0.3 is 14.0 Å². The third-order valence-corrected chi connectivity index (χ3v) is 7.19. The number of H-pyrrole nitrogens is 1. The van der Waals surface area contributed by atoms with Gasteiger partial charge in [0.15, 0.2) is 6.23 Å². The highest BCUT2D eigenvalue weighted by molar-refractivity contribution is 7.52. The van der Waals surface area contributed by atoms with Crippen LogP contribution in [0.2, 0.25) is 0 Å². The van der Waals surface area contributed by atoms with Crippen molar-refractivity contribution in [3.63, 3.8) is 0 Å². The summed E-state index contributed by atoms with van der Waals surface area (Å²) >= 11 is 0. The van der Waals surface area contributed by atoms with Gasteiger partial charge in [0.05, 0.1) is 13.2 Å². The Bertz CT molecular complexity index is 1230. The summed E-state index contributed by atoms with van der Waals surface area (Å²) < 4.78 is 37.2. The van der Waals surface area contributed by atoms with E-state index in [1.807, 2.05) is 0 Å². The monoisotopic (exact) mass is 535 g/mol. The van der Waals surface area contributed by atoms with Crippen molar-refractivity contribution in [2.45, 2.75) is 64.8 Å². The van der Waals surface area contributed by atoms with Crippen LogP contribution < -0.4 is 20.9 Å². The molecule has 1 aromatic carbocycles. The number of aromatic nitrogens is 2. The number of nitrogens with one attached hydrogen (secondary N) is 2. The van der Waals surface area contributed by atoms with Crippen molar-refractivity contribution in [1.82, 2.24) is 14.6 Å². The van der Waals surface area contributed by atoms with Crippen molar-refractivity contribution in [2.75, 3.05) is 13.2 Å². The van der Waals surface area contributed by atoms with Crippen LogP contribution in [0.4, 0.5) is 0 Å². The minimum Gasteiger partial charge on any atom is -0.465 e. The van der Waals surface area contributed by atoms with Gasteiger partial charge in [0, 0.05) is 11.8 Å². The van der Waals surface area contributed by atoms with Crippen molar-refractivity contribution in [3.8, 4) is 5.75 Å². The Hall–Kier alpha value is -2.98. The van der Waals surface area contributed by atoms with E-state index in [0.29, 0.717) is 5.56 Å². The van der Waals surface area contributed by atoms with Gasteiger partial charge in [0.25, 0.3) is 5.56 Å². The molecule has 2 N–H and O–H groups in total. The summed E-state index contributed by atoms with van der Waals surface area (Å²) in [6.07, 6.45) is 7.09. The first-order chi connectivity index (χ1) is 17.7. The van der Waals surface area contributed by atoms with Gasteiger partial charge in [-0.15, -0.1) is 0 Å². The van der Waals surface area contributed by atoms with Gasteiger partial charge in [-0.3, -0.25) is 23.7 Å². The highest BCUT2D eigenvalue weighted by Crippen LogP contribution is 2.45. The van der Waals surface area contributed by atoms with E-state index in [2.05, 4.69) is 17.0 Å².